The van der Waals surface area contributed by atoms with Crippen LogP contribution in [0.5, 0.6) is 0 Å². The number of rotatable bonds is 8. The van der Waals surface area contributed by atoms with Crippen LogP contribution in [0.3, 0.4) is 0 Å². The number of thiophene rings is 1. The topological polar surface area (TPSA) is 12.0 Å². The van der Waals surface area contributed by atoms with E-state index in [9.17, 15) is 0 Å². The highest BCUT2D eigenvalue weighted by atomic mass is 32.1. The molecule has 1 aromatic rings. The molecule has 1 aromatic heterocycles. The van der Waals surface area contributed by atoms with Crippen molar-refractivity contribution in [1.29, 1.82) is 0 Å². The van der Waals surface area contributed by atoms with Gasteiger partial charge in [-0.25, -0.2) is 0 Å². The molecule has 0 bridgehead atoms. The van der Waals surface area contributed by atoms with Gasteiger partial charge in [-0.1, -0.05) is 33.6 Å². The average Bonchev–Trinajstić information content (AvgIpc) is 2.74. The summed E-state index contributed by atoms with van der Waals surface area (Å²) in [5, 5.41) is 3.60. The summed E-state index contributed by atoms with van der Waals surface area (Å²) in [5.74, 6) is 0. The zero-order chi connectivity index (χ0) is 11.8. The third kappa shape index (κ3) is 4.67. The lowest BCUT2D eigenvalue weighted by atomic mass is 10.1. The Morgan fingerprint density at radius 3 is 2.50 bits per heavy atom. The van der Waals surface area contributed by atoms with Gasteiger partial charge in [0.2, 0.25) is 0 Å². The fourth-order valence-corrected chi connectivity index (χ4v) is 3.02. The van der Waals surface area contributed by atoms with Gasteiger partial charge in [0, 0.05) is 15.8 Å². The molecular formula is C14H25NS. The minimum atomic E-state index is 0.674. The summed E-state index contributed by atoms with van der Waals surface area (Å²) < 4.78 is 0. The van der Waals surface area contributed by atoms with Crippen LogP contribution in [0, 0.1) is 0 Å². The molecule has 0 saturated heterocycles. The van der Waals surface area contributed by atoms with Gasteiger partial charge in [0.1, 0.15) is 0 Å². The first-order valence-electron chi connectivity index (χ1n) is 6.61. The van der Waals surface area contributed by atoms with Crippen LogP contribution in [-0.2, 0) is 12.8 Å². The predicted molar refractivity (Wildman–Crippen MR) is 74.4 cm³/mol. The summed E-state index contributed by atoms with van der Waals surface area (Å²) in [6, 6.07) is 5.26. The van der Waals surface area contributed by atoms with E-state index in [0.717, 1.165) is 6.54 Å². The van der Waals surface area contributed by atoms with Crippen molar-refractivity contribution < 1.29 is 0 Å². The van der Waals surface area contributed by atoms with Gasteiger partial charge >= 0.3 is 0 Å². The monoisotopic (exact) mass is 239 g/mol. The van der Waals surface area contributed by atoms with Gasteiger partial charge in [-0.05, 0) is 37.9 Å². The van der Waals surface area contributed by atoms with Gasteiger partial charge < -0.3 is 5.32 Å². The normalized spacial score (nSPS) is 12.9. The van der Waals surface area contributed by atoms with Gasteiger partial charge in [-0.3, -0.25) is 0 Å². The third-order valence-electron chi connectivity index (χ3n) is 2.91. The Hall–Kier alpha value is -0.340. The quantitative estimate of drug-likeness (QED) is 0.722. The lowest BCUT2D eigenvalue weighted by Gasteiger charge is -2.16. The largest absolute Gasteiger partial charge is 0.314 e. The van der Waals surface area contributed by atoms with Gasteiger partial charge in [0.25, 0.3) is 0 Å². The Labute approximate surface area is 104 Å². The van der Waals surface area contributed by atoms with Crippen LogP contribution in [0.2, 0.25) is 0 Å². The van der Waals surface area contributed by atoms with E-state index < -0.39 is 0 Å². The molecule has 0 fully saturated rings. The van der Waals surface area contributed by atoms with Crippen LogP contribution in [0.4, 0.5) is 0 Å². The first kappa shape index (κ1) is 13.7. The fourth-order valence-electron chi connectivity index (χ4n) is 1.98. The molecular weight excluding hydrogens is 214 g/mol. The van der Waals surface area contributed by atoms with Crippen LogP contribution < -0.4 is 5.32 Å². The maximum Gasteiger partial charge on any atom is 0.0115 e. The average molecular weight is 239 g/mol. The summed E-state index contributed by atoms with van der Waals surface area (Å²) in [7, 11) is 0. The second-order valence-electron chi connectivity index (χ2n) is 4.32. The van der Waals surface area contributed by atoms with Crippen LogP contribution in [0.25, 0.3) is 0 Å². The summed E-state index contributed by atoms with van der Waals surface area (Å²) in [6.07, 6.45) is 6.32. The van der Waals surface area contributed by atoms with Crippen molar-refractivity contribution in [3.8, 4) is 0 Å². The predicted octanol–water partition coefficient (Wildman–Crippen LogP) is 4.02. The molecule has 0 aliphatic carbocycles. The minimum absolute atomic E-state index is 0.674. The second-order valence-corrected chi connectivity index (χ2v) is 5.58. The van der Waals surface area contributed by atoms with Gasteiger partial charge in [-0.15, -0.1) is 11.3 Å². The van der Waals surface area contributed by atoms with Gasteiger partial charge in [0.05, 0.1) is 0 Å². The van der Waals surface area contributed by atoms with Crippen LogP contribution in [0.15, 0.2) is 12.1 Å². The Balaban J connectivity index is 2.46. The maximum atomic E-state index is 3.60. The molecule has 92 valence electrons. The number of aryl methyl sites for hydroxylation is 1. The number of hydrogen-bond acceptors (Lipinski definition) is 2. The molecule has 1 heterocycles. The van der Waals surface area contributed by atoms with E-state index in [0.29, 0.717) is 6.04 Å². The van der Waals surface area contributed by atoms with Crippen molar-refractivity contribution in [3.63, 3.8) is 0 Å². The third-order valence-corrected chi connectivity index (χ3v) is 4.16. The van der Waals surface area contributed by atoms with Crippen molar-refractivity contribution in [2.24, 2.45) is 0 Å². The molecule has 0 aliphatic heterocycles. The Kier molecular flexibility index (Phi) is 6.74. The molecule has 0 spiro atoms. The summed E-state index contributed by atoms with van der Waals surface area (Å²) in [4.78, 5) is 3.06. The molecule has 1 rings (SSSR count). The Bertz CT molecular complexity index is 280. The molecule has 1 atom stereocenters. The minimum Gasteiger partial charge on any atom is -0.314 e. The number of nitrogens with one attached hydrogen (secondary N) is 1. The Morgan fingerprint density at radius 1 is 1.19 bits per heavy atom. The van der Waals surface area contributed by atoms with E-state index >= 15 is 0 Å². The van der Waals surface area contributed by atoms with E-state index in [-0.39, 0.29) is 0 Å². The number of hydrogen-bond donors (Lipinski definition) is 1. The standard InChI is InChI=1S/C14H25NS/c1-4-7-8-12(15-6-3)11-14-10-9-13(5-2)16-14/h9-10,12,15H,4-8,11H2,1-3H3. The van der Waals surface area contributed by atoms with Crippen molar-refractivity contribution in [3.05, 3.63) is 21.9 Å². The number of likely N-dealkylation sites (N-methyl/N-ethyl adjacent to an activating group) is 1. The molecule has 0 aliphatic rings. The molecule has 1 nitrogen and oxygen atoms in total. The van der Waals surface area contributed by atoms with Gasteiger partial charge in [-0.2, -0.15) is 0 Å². The van der Waals surface area contributed by atoms with E-state index in [4.69, 9.17) is 0 Å². The highest BCUT2D eigenvalue weighted by Gasteiger charge is 2.09. The summed E-state index contributed by atoms with van der Waals surface area (Å²) >= 11 is 1.98. The zero-order valence-electron chi connectivity index (χ0n) is 10.9. The fraction of sp³-hybridized carbons (Fsp3) is 0.714. The highest BCUT2D eigenvalue weighted by Crippen LogP contribution is 2.19. The summed E-state index contributed by atoms with van der Waals surface area (Å²) in [5.41, 5.74) is 0. The second kappa shape index (κ2) is 7.86. The SMILES string of the molecule is CCCCC(Cc1ccc(CC)s1)NCC. The summed E-state index contributed by atoms with van der Waals surface area (Å²) in [6.45, 7) is 7.78. The van der Waals surface area contributed by atoms with E-state index in [2.05, 4.69) is 38.2 Å². The molecule has 16 heavy (non-hydrogen) atoms. The molecule has 0 amide bonds. The lowest BCUT2D eigenvalue weighted by Crippen LogP contribution is -2.30. The first-order chi connectivity index (χ1) is 7.80. The maximum absolute atomic E-state index is 3.60. The first-order valence-corrected chi connectivity index (χ1v) is 7.42. The molecule has 1 unspecified atom stereocenters. The molecule has 1 N–H and O–H groups in total. The molecule has 0 radical (unpaired) electrons. The van der Waals surface area contributed by atoms with Crippen LogP contribution in [-0.4, -0.2) is 12.6 Å². The van der Waals surface area contributed by atoms with Crippen molar-refractivity contribution in [2.75, 3.05) is 6.54 Å². The lowest BCUT2D eigenvalue weighted by molar-refractivity contribution is 0.476. The Morgan fingerprint density at radius 2 is 1.94 bits per heavy atom. The van der Waals surface area contributed by atoms with E-state index in [1.54, 1.807) is 4.88 Å². The molecule has 0 saturated carbocycles. The van der Waals surface area contributed by atoms with Crippen molar-refractivity contribution in [2.45, 2.75) is 58.9 Å². The molecule has 0 aromatic carbocycles. The van der Waals surface area contributed by atoms with Crippen LogP contribution >= 0.6 is 11.3 Å². The highest BCUT2D eigenvalue weighted by molar-refractivity contribution is 7.11. The van der Waals surface area contributed by atoms with E-state index in [1.165, 1.54) is 37.0 Å². The molecule has 2 heteroatoms. The number of unbranched alkanes of at least 4 members (excludes halogenated alkanes) is 1. The van der Waals surface area contributed by atoms with E-state index in [1.807, 2.05) is 11.3 Å². The van der Waals surface area contributed by atoms with Crippen molar-refractivity contribution in [1.82, 2.24) is 5.32 Å². The van der Waals surface area contributed by atoms with Gasteiger partial charge in [0.15, 0.2) is 0 Å². The smallest absolute Gasteiger partial charge is 0.0115 e. The zero-order valence-corrected chi connectivity index (χ0v) is 11.7. The van der Waals surface area contributed by atoms with Crippen molar-refractivity contribution >= 4 is 11.3 Å². The van der Waals surface area contributed by atoms with Crippen LogP contribution in [0.1, 0.15) is 49.8 Å².